The van der Waals surface area contributed by atoms with Crippen LogP contribution in [-0.2, 0) is 49.0 Å². The van der Waals surface area contributed by atoms with E-state index < -0.39 is 25.9 Å². The Kier molecular flexibility index (Phi) is 9.96. The fourth-order valence-corrected chi connectivity index (χ4v) is 12.8. The first-order valence-corrected chi connectivity index (χ1v) is 21.3. The van der Waals surface area contributed by atoms with Crippen LogP contribution in [0.15, 0.2) is 72.9 Å². The molecular formula is C39H44ClN5O7Si. The maximum Gasteiger partial charge on any atom is 0.304 e. The number of methoxy groups -OCH3 is 1. The number of hydrogen-bond acceptors (Lipinski definition) is 9. The Morgan fingerprint density at radius 1 is 1.09 bits per heavy atom. The molecule has 278 valence electrons. The average molecular weight is 758 g/mol. The number of rotatable bonds is 12. The van der Waals surface area contributed by atoms with Crippen molar-refractivity contribution in [2.75, 3.05) is 23.5 Å². The number of halogens is 1. The fourth-order valence-electron chi connectivity index (χ4n) is 8.58. The van der Waals surface area contributed by atoms with Crippen molar-refractivity contribution in [3.05, 3.63) is 94.8 Å². The van der Waals surface area contributed by atoms with Gasteiger partial charge in [-0.2, -0.15) is 0 Å². The molecule has 4 heterocycles. The minimum absolute atomic E-state index is 0.00637. The number of aryl methyl sites for hydroxylation is 1. The predicted octanol–water partition coefficient (Wildman–Crippen LogP) is 4.95. The van der Waals surface area contributed by atoms with Crippen LogP contribution in [0.25, 0.3) is 0 Å². The van der Waals surface area contributed by atoms with Gasteiger partial charge in [0, 0.05) is 54.9 Å². The average Bonchev–Trinajstić information content (AvgIpc) is 3.77. The molecule has 5 atom stereocenters. The van der Waals surface area contributed by atoms with E-state index in [1.54, 1.807) is 22.8 Å². The number of anilines is 2. The van der Waals surface area contributed by atoms with E-state index in [1.165, 1.54) is 17.0 Å². The Labute approximate surface area is 314 Å². The van der Waals surface area contributed by atoms with Crippen molar-refractivity contribution in [2.24, 2.45) is 5.92 Å². The van der Waals surface area contributed by atoms with Crippen LogP contribution in [0.2, 0.25) is 23.7 Å². The number of esters is 1. The first-order valence-electron chi connectivity index (χ1n) is 17.9. The summed E-state index contributed by atoms with van der Waals surface area (Å²) in [6.45, 7) is 8.94. The van der Waals surface area contributed by atoms with Crippen molar-refractivity contribution in [3.63, 3.8) is 0 Å². The van der Waals surface area contributed by atoms with E-state index in [2.05, 4.69) is 42.5 Å². The quantitative estimate of drug-likeness (QED) is 0.121. The third kappa shape index (κ3) is 6.53. The Morgan fingerprint density at radius 2 is 1.83 bits per heavy atom. The molecule has 3 aromatic carbocycles. The largest absolute Gasteiger partial charge is 0.497 e. The summed E-state index contributed by atoms with van der Waals surface area (Å²) < 4.78 is 19.8. The van der Waals surface area contributed by atoms with E-state index in [0.29, 0.717) is 35.8 Å². The molecule has 4 aromatic rings. The van der Waals surface area contributed by atoms with Gasteiger partial charge in [-0.15, -0.1) is 5.10 Å². The molecule has 2 amide bonds. The van der Waals surface area contributed by atoms with Gasteiger partial charge in [-0.3, -0.25) is 24.0 Å². The number of aliphatic hydroxyl groups excluding tert-OH is 1. The highest BCUT2D eigenvalue weighted by atomic mass is 35.5. The van der Waals surface area contributed by atoms with Gasteiger partial charge < -0.3 is 24.2 Å². The lowest BCUT2D eigenvalue weighted by Gasteiger charge is -2.39. The monoisotopic (exact) mass is 757 g/mol. The molecule has 3 aliphatic heterocycles. The van der Waals surface area contributed by atoms with Crippen LogP contribution >= 0.6 is 11.6 Å². The molecule has 53 heavy (non-hydrogen) atoms. The van der Waals surface area contributed by atoms with E-state index in [1.807, 2.05) is 54.7 Å². The summed E-state index contributed by atoms with van der Waals surface area (Å²) in [5.74, 6) is -0.149. The van der Waals surface area contributed by atoms with Crippen LogP contribution in [-0.4, -0.2) is 72.0 Å². The smallest absolute Gasteiger partial charge is 0.304 e. The molecule has 1 spiro atoms. The van der Waals surface area contributed by atoms with Crippen LogP contribution in [0.4, 0.5) is 11.4 Å². The minimum atomic E-state index is -2.37. The van der Waals surface area contributed by atoms with E-state index >= 15 is 4.79 Å². The molecule has 14 heteroatoms. The summed E-state index contributed by atoms with van der Waals surface area (Å²) in [6.07, 6.45) is 2.10. The van der Waals surface area contributed by atoms with Crippen molar-refractivity contribution in [2.45, 2.75) is 82.8 Å². The maximum absolute atomic E-state index is 15.1. The number of aromatic nitrogens is 3. The number of nitrogens with zero attached hydrogens (tertiary/aromatic N) is 5. The molecule has 1 N–H and O–H groups in total. The Morgan fingerprint density at radius 3 is 2.49 bits per heavy atom. The second-order valence-corrected chi connectivity index (χ2v) is 19.8. The summed E-state index contributed by atoms with van der Waals surface area (Å²) in [6, 6.07) is 21.2. The zero-order valence-corrected chi connectivity index (χ0v) is 32.2. The minimum Gasteiger partial charge on any atom is -0.497 e. The second kappa shape index (κ2) is 14.3. The highest BCUT2D eigenvalue weighted by Gasteiger charge is 2.66. The SMILES string of the molecule is COc1ccc([Si](C)(C)[C@H]2[C@H](CCn3cc(CCO)nn3)O[C@@]3(C(=O)N(Cc4ccc(N5C(=O)CC5OC(C)=O)cc4)c4ccc(Cl)cc43)[C@@H]2C)cc1. The zero-order chi connectivity index (χ0) is 37.7. The molecule has 0 bridgehead atoms. The summed E-state index contributed by atoms with van der Waals surface area (Å²) in [4.78, 5) is 42.3. The molecule has 12 nitrogen and oxygen atoms in total. The lowest BCUT2D eigenvalue weighted by Crippen LogP contribution is -2.54. The molecule has 0 saturated carbocycles. The standard InChI is InChI=1S/C39H44ClN5O7Si/c1-24-37(53(4,5)31-13-11-30(50-3)12-14-31)34(16-18-43-23-28(17-19-46)41-42-43)52-39(24)32-20-27(40)8-15-33(32)44(38(39)49)22-26-6-9-29(10-7-26)45-35(48)21-36(45)51-25(2)47/h6-15,20,23-24,34,36-37,46H,16-19,21-22H2,1-5H3/t24-,34+,36?,37-,39+/m1/s1. The maximum atomic E-state index is 15.1. The molecule has 0 radical (unpaired) electrons. The molecule has 3 aliphatic rings. The third-order valence-electron chi connectivity index (χ3n) is 11.2. The molecule has 0 aliphatic carbocycles. The van der Waals surface area contributed by atoms with Gasteiger partial charge >= 0.3 is 5.97 Å². The van der Waals surface area contributed by atoms with Crippen molar-refractivity contribution < 1.29 is 33.7 Å². The zero-order valence-electron chi connectivity index (χ0n) is 30.5. The molecule has 1 unspecified atom stereocenters. The Hall–Kier alpha value is -4.56. The number of amides is 2. The van der Waals surface area contributed by atoms with Crippen LogP contribution in [0.5, 0.6) is 5.75 Å². The van der Waals surface area contributed by atoms with E-state index in [9.17, 15) is 14.7 Å². The third-order valence-corrected chi connectivity index (χ3v) is 15.8. The topological polar surface area (TPSA) is 136 Å². The highest BCUT2D eigenvalue weighted by molar-refractivity contribution is 6.91. The second-order valence-electron chi connectivity index (χ2n) is 14.6. The molecular weight excluding hydrogens is 714 g/mol. The number of benzene rings is 3. The van der Waals surface area contributed by atoms with Crippen LogP contribution in [0.1, 0.15) is 43.5 Å². The first-order chi connectivity index (χ1) is 25.4. The number of carbonyl (C=O) groups is 3. The van der Waals surface area contributed by atoms with Gasteiger partial charge in [-0.1, -0.05) is 66.3 Å². The Bertz CT molecular complexity index is 2020. The van der Waals surface area contributed by atoms with Gasteiger partial charge in [0.05, 0.1) is 45.6 Å². The lowest BCUT2D eigenvalue weighted by molar-refractivity contribution is -0.154. The van der Waals surface area contributed by atoms with E-state index in [0.717, 1.165) is 22.6 Å². The van der Waals surface area contributed by atoms with Crippen molar-refractivity contribution in [1.82, 2.24) is 15.0 Å². The number of aliphatic hydroxyl groups is 1. The molecule has 7 rings (SSSR count). The van der Waals surface area contributed by atoms with E-state index in [4.69, 9.17) is 25.8 Å². The van der Waals surface area contributed by atoms with Gasteiger partial charge in [-0.05, 0) is 60.0 Å². The lowest BCUT2D eigenvalue weighted by atomic mass is 9.82. The van der Waals surface area contributed by atoms with Crippen molar-refractivity contribution in [3.8, 4) is 5.75 Å². The summed E-state index contributed by atoms with van der Waals surface area (Å²) in [7, 11) is -0.715. The normalized spacial score (nSPS) is 23.8. The summed E-state index contributed by atoms with van der Waals surface area (Å²) in [5.41, 5.74) is 2.43. The molecule has 2 fully saturated rings. The van der Waals surface area contributed by atoms with Gasteiger partial charge in [0.2, 0.25) is 5.91 Å². The molecule has 1 aromatic heterocycles. The van der Waals surface area contributed by atoms with Gasteiger partial charge in [0.1, 0.15) is 5.75 Å². The highest BCUT2D eigenvalue weighted by Crippen LogP contribution is 2.60. The van der Waals surface area contributed by atoms with Crippen LogP contribution in [0, 0.1) is 5.92 Å². The van der Waals surface area contributed by atoms with Crippen LogP contribution in [0.3, 0.4) is 0 Å². The van der Waals surface area contributed by atoms with Gasteiger partial charge in [0.15, 0.2) is 11.8 Å². The number of β-lactam (4-membered cyclic amide) rings is 1. The van der Waals surface area contributed by atoms with Crippen molar-refractivity contribution >= 4 is 54.0 Å². The first kappa shape index (κ1) is 36.8. The molecule has 2 saturated heterocycles. The Balaban J connectivity index is 1.22. The number of ether oxygens (including phenoxy) is 3. The van der Waals surface area contributed by atoms with Crippen LogP contribution < -0.4 is 19.7 Å². The summed E-state index contributed by atoms with van der Waals surface area (Å²) in [5, 5.41) is 19.7. The van der Waals surface area contributed by atoms with Crippen molar-refractivity contribution in [1.29, 1.82) is 0 Å². The summed E-state index contributed by atoms with van der Waals surface area (Å²) >= 11 is 6.68. The predicted molar refractivity (Wildman–Crippen MR) is 202 cm³/mol. The van der Waals surface area contributed by atoms with Gasteiger partial charge in [-0.25, -0.2) is 0 Å². The fraction of sp³-hybridized carbons (Fsp3) is 0.410. The number of hydrogen-bond donors (Lipinski definition) is 1. The van der Waals surface area contributed by atoms with Gasteiger partial charge in [0.25, 0.3) is 5.91 Å². The number of carbonyl (C=O) groups excluding carboxylic acids is 3. The van der Waals surface area contributed by atoms with E-state index in [-0.39, 0.29) is 48.9 Å². The number of fused-ring (bicyclic) bond motifs is 2.